The fraction of sp³-hybridized carbons (Fsp3) is 0.529. The van der Waals surface area contributed by atoms with Gasteiger partial charge in [-0.25, -0.2) is 9.78 Å². The number of hydrogen-bond donors (Lipinski definition) is 2. The number of H-pyrrole nitrogens is 1. The van der Waals surface area contributed by atoms with E-state index in [9.17, 15) is 9.82 Å². The quantitative estimate of drug-likeness (QED) is 0.708. The fourth-order valence-electron chi connectivity index (χ4n) is 3.80. The van der Waals surface area contributed by atoms with E-state index in [-0.39, 0.29) is 6.09 Å². The predicted molar refractivity (Wildman–Crippen MR) is 93.5 cm³/mol. The van der Waals surface area contributed by atoms with Crippen LogP contribution in [0.4, 0.5) is 4.79 Å². The van der Waals surface area contributed by atoms with Crippen molar-refractivity contribution in [1.29, 1.82) is 0 Å². The highest BCUT2D eigenvalue weighted by Gasteiger charge is 2.50. The lowest BCUT2D eigenvalue weighted by Gasteiger charge is -2.40. The van der Waals surface area contributed by atoms with Crippen LogP contribution in [0.15, 0.2) is 18.5 Å². The summed E-state index contributed by atoms with van der Waals surface area (Å²) in [5, 5.41) is 11.3. The summed E-state index contributed by atoms with van der Waals surface area (Å²) in [5.41, 5.74) is 1.40. The van der Waals surface area contributed by atoms with Crippen molar-refractivity contribution in [2.45, 2.75) is 44.8 Å². The van der Waals surface area contributed by atoms with Crippen molar-refractivity contribution in [1.82, 2.24) is 14.9 Å². The van der Waals surface area contributed by atoms with Crippen LogP contribution in [0.25, 0.3) is 11.0 Å². The van der Waals surface area contributed by atoms with E-state index in [1.54, 1.807) is 11.1 Å². The van der Waals surface area contributed by atoms with Crippen molar-refractivity contribution < 1.29 is 19.2 Å². The number of carbonyl (C=O) groups excluding carboxylic acids is 1. The number of amides is 1. The van der Waals surface area contributed by atoms with E-state index in [0.29, 0.717) is 25.9 Å². The number of carbonyl (C=O) groups is 1. The molecule has 4 heterocycles. The maximum Gasteiger partial charge on any atom is 0.493 e. The lowest BCUT2D eigenvalue weighted by atomic mass is 9.76. The molecule has 8 heteroatoms. The van der Waals surface area contributed by atoms with Gasteiger partial charge in [-0.3, -0.25) is 0 Å². The topological polar surface area (TPSA) is 87.7 Å². The third-order valence-electron chi connectivity index (χ3n) is 4.90. The van der Waals surface area contributed by atoms with Crippen molar-refractivity contribution in [3.8, 4) is 0 Å². The fourth-order valence-corrected chi connectivity index (χ4v) is 3.80. The minimum absolute atomic E-state index is 0.303. The van der Waals surface area contributed by atoms with Crippen molar-refractivity contribution in [3.05, 3.63) is 24.0 Å². The lowest BCUT2D eigenvalue weighted by Crippen LogP contribution is -2.47. The number of nitrogens with zero attached hydrogens (tertiary/aromatic N) is 2. The zero-order valence-corrected chi connectivity index (χ0v) is 14.7. The summed E-state index contributed by atoms with van der Waals surface area (Å²) >= 11 is 0. The summed E-state index contributed by atoms with van der Waals surface area (Å²) in [4.78, 5) is 21.5. The summed E-state index contributed by atoms with van der Waals surface area (Å²) < 4.78 is 11.4. The highest BCUT2D eigenvalue weighted by Crippen LogP contribution is 2.43. The number of hydrogen-bond acceptors (Lipinski definition) is 5. The van der Waals surface area contributed by atoms with Crippen molar-refractivity contribution in [2.75, 3.05) is 13.1 Å². The zero-order valence-electron chi connectivity index (χ0n) is 14.7. The Bertz CT molecular complexity index is 821. The molecule has 1 fully saturated rings. The summed E-state index contributed by atoms with van der Waals surface area (Å²) in [5.74, 6) is 0. The van der Waals surface area contributed by atoms with Gasteiger partial charge >= 0.3 is 13.2 Å². The third-order valence-corrected chi connectivity index (χ3v) is 4.90. The molecule has 132 valence electrons. The molecule has 7 nitrogen and oxygen atoms in total. The van der Waals surface area contributed by atoms with Crippen LogP contribution in [0.2, 0.25) is 0 Å². The molecule has 2 aliphatic heterocycles. The maximum atomic E-state index is 12.3. The maximum absolute atomic E-state index is 12.3. The molecule has 25 heavy (non-hydrogen) atoms. The van der Waals surface area contributed by atoms with E-state index < -0.39 is 18.3 Å². The van der Waals surface area contributed by atoms with Crippen LogP contribution in [-0.4, -0.2) is 51.8 Å². The Labute approximate surface area is 146 Å². The van der Waals surface area contributed by atoms with Crippen LogP contribution in [0, 0.1) is 0 Å². The van der Waals surface area contributed by atoms with Crippen LogP contribution >= 0.6 is 0 Å². The summed E-state index contributed by atoms with van der Waals surface area (Å²) in [6.07, 6.45) is 4.43. The standard InChI is InChI=1S/C17H22BN3O4/c1-16(2,3)24-15(22)21-8-5-17(6-9-21)13-11-4-7-19-14(11)20-10-12(13)18(23)25-17/h4,7,10,23H,5-6,8-9H2,1-3H3,(H,19,20). The molecular weight excluding hydrogens is 321 g/mol. The second kappa shape index (κ2) is 5.47. The minimum Gasteiger partial charge on any atom is -0.444 e. The number of ether oxygens (including phenoxy) is 1. The van der Waals surface area contributed by atoms with Gasteiger partial charge in [-0.05, 0) is 45.2 Å². The zero-order chi connectivity index (χ0) is 17.8. The van der Waals surface area contributed by atoms with Gasteiger partial charge in [-0.15, -0.1) is 0 Å². The molecule has 1 spiro atoms. The first-order valence-corrected chi connectivity index (χ1v) is 8.59. The van der Waals surface area contributed by atoms with Gasteiger partial charge in [0.15, 0.2) is 0 Å². The molecule has 1 saturated heterocycles. The smallest absolute Gasteiger partial charge is 0.444 e. The molecule has 0 radical (unpaired) electrons. The molecule has 2 aromatic rings. The first kappa shape index (κ1) is 16.4. The first-order valence-electron chi connectivity index (χ1n) is 8.59. The second-order valence-corrected chi connectivity index (χ2v) is 7.76. The summed E-state index contributed by atoms with van der Waals surface area (Å²) in [6, 6.07) is 1.96. The van der Waals surface area contributed by atoms with Crippen LogP contribution < -0.4 is 5.46 Å². The number of likely N-dealkylation sites (tertiary alicyclic amines) is 1. The van der Waals surface area contributed by atoms with Crippen LogP contribution in [0.1, 0.15) is 39.2 Å². The number of piperidine rings is 1. The molecule has 0 aromatic carbocycles. The van der Waals surface area contributed by atoms with Gasteiger partial charge in [0, 0.05) is 36.3 Å². The lowest BCUT2D eigenvalue weighted by molar-refractivity contribution is -0.0213. The molecule has 2 aliphatic rings. The van der Waals surface area contributed by atoms with Gasteiger partial charge in [0.1, 0.15) is 11.2 Å². The summed E-state index contributed by atoms with van der Waals surface area (Å²) in [6.45, 7) is 6.63. The number of pyridine rings is 1. The van der Waals surface area contributed by atoms with Crippen LogP contribution in [0.3, 0.4) is 0 Å². The molecule has 0 unspecified atom stereocenters. The average Bonchev–Trinajstić information content (AvgIpc) is 3.10. The number of nitrogens with one attached hydrogen (secondary N) is 1. The molecular formula is C17H22BN3O4. The Kier molecular flexibility index (Phi) is 3.59. The Balaban J connectivity index is 1.60. The van der Waals surface area contributed by atoms with E-state index in [0.717, 1.165) is 22.1 Å². The largest absolute Gasteiger partial charge is 0.493 e. The Morgan fingerprint density at radius 1 is 1.44 bits per heavy atom. The monoisotopic (exact) mass is 343 g/mol. The van der Waals surface area contributed by atoms with Crippen molar-refractivity contribution in [3.63, 3.8) is 0 Å². The van der Waals surface area contributed by atoms with Crippen LogP contribution in [-0.2, 0) is 15.0 Å². The molecule has 4 rings (SSSR count). The second-order valence-electron chi connectivity index (χ2n) is 7.76. The Hall–Kier alpha value is -2.06. The van der Waals surface area contributed by atoms with Crippen molar-refractivity contribution >= 4 is 29.7 Å². The highest BCUT2D eigenvalue weighted by molar-refractivity contribution is 6.62. The first-order chi connectivity index (χ1) is 11.8. The van der Waals surface area contributed by atoms with E-state index in [1.165, 1.54) is 0 Å². The molecule has 2 N–H and O–H groups in total. The van der Waals surface area contributed by atoms with Gasteiger partial charge in [0.05, 0.1) is 5.60 Å². The molecule has 0 bridgehead atoms. The Morgan fingerprint density at radius 2 is 2.16 bits per heavy atom. The van der Waals surface area contributed by atoms with Gasteiger partial charge in [-0.2, -0.15) is 0 Å². The summed E-state index contributed by atoms with van der Waals surface area (Å²) in [7, 11) is -0.977. The molecule has 0 atom stereocenters. The highest BCUT2D eigenvalue weighted by atomic mass is 16.6. The van der Waals surface area contributed by atoms with Crippen LogP contribution in [0.5, 0.6) is 0 Å². The Morgan fingerprint density at radius 3 is 2.84 bits per heavy atom. The molecule has 1 amide bonds. The number of aromatic nitrogens is 2. The van der Waals surface area contributed by atoms with Crippen molar-refractivity contribution in [2.24, 2.45) is 0 Å². The van der Waals surface area contributed by atoms with Gasteiger partial charge in [-0.1, -0.05) is 0 Å². The van der Waals surface area contributed by atoms with Gasteiger partial charge in [0.2, 0.25) is 0 Å². The van der Waals surface area contributed by atoms with Gasteiger partial charge < -0.3 is 24.3 Å². The normalized spacial score (nSPS) is 19.5. The molecule has 2 aromatic heterocycles. The number of fused-ring (bicyclic) bond motifs is 4. The van der Waals surface area contributed by atoms with E-state index >= 15 is 0 Å². The SMILES string of the molecule is CC(C)(C)OC(=O)N1CCC2(CC1)OB(O)c1cnc3[nH]ccc3c12. The van der Waals surface area contributed by atoms with E-state index in [2.05, 4.69) is 9.97 Å². The predicted octanol–water partition coefficient (Wildman–Crippen LogP) is 1.51. The molecule has 0 saturated carbocycles. The third kappa shape index (κ3) is 2.69. The number of rotatable bonds is 0. The minimum atomic E-state index is -0.977. The van der Waals surface area contributed by atoms with E-state index in [1.807, 2.05) is 33.0 Å². The average molecular weight is 343 g/mol. The van der Waals surface area contributed by atoms with E-state index in [4.69, 9.17) is 9.39 Å². The van der Waals surface area contributed by atoms with Gasteiger partial charge in [0.25, 0.3) is 0 Å². The molecule has 0 aliphatic carbocycles. The number of aromatic amines is 1.